The highest BCUT2D eigenvalue weighted by Crippen LogP contribution is 2.45. The number of fused-ring (bicyclic) bond motifs is 1. The van der Waals surface area contributed by atoms with E-state index in [-0.39, 0.29) is 18.4 Å². The molecule has 0 spiro atoms. The molecule has 0 unspecified atom stereocenters. The second-order valence-corrected chi connectivity index (χ2v) is 7.95. The first-order chi connectivity index (χ1) is 16.5. The van der Waals surface area contributed by atoms with Crippen LogP contribution in [0.15, 0.2) is 60.9 Å². The highest BCUT2D eigenvalue weighted by Gasteiger charge is 2.43. The topological polar surface area (TPSA) is 90.0 Å². The number of likely N-dealkylation sites (N-methyl/N-ethyl adjacent to an activating group) is 1. The Morgan fingerprint density at radius 3 is 2.38 bits per heavy atom. The molecule has 176 valence electrons. The molecule has 1 aromatic heterocycles. The fraction of sp³-hybridized carbons (Fsp3) is 0.269. The molecule has 0 bridgehead atoms. The molecule has 2 heterocycles. The Kier molecular flexibility index (Phi) is 6.67. The minimum Gasteiger partial charge on any atom is -0.496 e. The molecule has 0 aliphatic carbocycles. The van der Waals surface area contributed by atoms with Crippen molar-refractivity contribution in [1.82, 2.24) is 15.2 Å². The van der Waals surface area contributed by atoms with E-state index in [1.54, 1.807) is 49.7 Å². The van der Waals surface area contributed by atoms with Crippen LogP contribution in [-0.2, 0) is 11.3 Å². The van der Waals surface area contributed by atoms with Gasteiger partial charge in [0, 0.05) is 37.1 Å². The summed E-state index contributed by atoms with van der Waals surface area (Å²) in [7, 11) is 6.32. The van der Waals surface area contributed by atoms with Crippen molar-refractivity contribution in [2.45, 2.75) is 18.5 Å². The van der Waals surface area contributed by atoms with E-state index in [0.717, 1.165) is 11.1 Å². The summed E-state index contributed by atoms with van der Waals surface area (Å²) in [4.78, 5) is 32.9. The van der Waals surface area contributed by atoms with Crippen molar-refractivity contribution in [2.75, 3.05) is 28.4 Å². The summed E-state index contributed by atoms with van der Waals surface area (Å²) >= 11 is 0. The van der Waals surface area contributed by atoms with Gasteiger partial charge in [-0.2, -0.15) is 0 Å². The molecule has 1 N–H and O–H groups in total. The quantitative estimate of drug-likeness (QED) is 0.581. The molecule has 2 aromatic carbocycles. The Morgan fingerprint density at radius 1 is 1.00 bits per heavy atom. The highest BCUT2D eigenvalue weighted by atomic mass is 16.5. The average Bonchev–Trinajstić information content (AvgIpc) is 2.88. The van der Waals surface area contributed by atoms with Gasteiger partial charge in [-0.05, 0) is 35.4 Å². The summed E-state index contributed by atoms with van der Waals surface area (Å²) in [6, 6.07) is 14.0. The molecule has 4 rings (SSSR count). The zero-order valence-corrected chi connectivity index (χ0v) is 19.6. The Balaban J connectivity index is 1.79. The van der Waals surface area contributed by atoms with E-state index in [1.165, 1.54) is 14.2 Å². The van der Waals surface area contributed by atoms with Gasteiger partial charge < -0.3 is 24.4 Å². The van der Waals surface area contributed by atoms with E-state index >= 15 is 0 Å². The molecule has 1 aliphatic heterocycles. The number of ether oxygens (including phenoxy) is 3. The van der Waals surface area contributed by atoms with Gasteiger partial charge in [0.1, 0.15) is 5.75 Å². The largest absolute Gasteiger partial charge is 0.496 e. The number of pyridine rings is 1. The number of nitrogens with one attached hydrogen (secondary N) is 1. The second kappa shape index (κ2) is 9.82. The third-order valence-electron chi connectivity index (χ3n) is 6.13. The van der Waals surface area contributed by atoms with Crippen molar-refractivity contribution in [2.24, 2.45) is 0 Å². The predicted molar refractivity (Wildman–Crippen MR) is 126 cm³/mol. The number of hydrogen-bond acceptors (Lipinski definition) is 6. The number of para-hydroxylation sites is 1. The van der Waals surface area contributed by atoms with Gasteiger partial charge in [-0.15, -0.1) is 0 Å². The Morgan fingerprint density at radius 2 is 1.71 bits per heavy atom. The lowest BCUT2D eigenvalue weighted by molar-refractivity contribution is -0.124. The Labute approximate surface area is 198 Å². The third-order valence-corrected chi connectivity index (χ3v) is 6.13. The Hall–Kier alpha value is -4.07. The van der Waals surface area contributed by atoms with Crippen molar-refractivity contribution in [3.05, 3.63) is 83.2 Å². The summed E-state index contributed by atoms with van der Waals surface area (Å²) in [5.74, 6) is 0.430. The van der Waals surface area contributed by atoms with Crippen LogP contribution in [0.25, 0.3) is 0 Å². The standard InChI is InChI=1S/C26H27N3O5/c1-29-24(17-9-7-11-27-14-17)23(25(30)28-15-16-8-5-6-10-20(16)32-2)18-12-21(33-3)22(34-4)13-19(18)26(29)31/h5-14,23-24H,15H2,1-4H3,(H,28,30)/t23-,24+/m1/s1. The van der Waals surface area contributed by atoms with Gasteiger partial charge in [0.15, 0.2) is 11.5 Å². The first-order valence-electron chi connectivity index (χ1n) is 10.8. The van der Waals surface area contributed by atoms with E-state index in [2.05, 4.69) is 10.3 Å². The number of benzene rings is 2. The van der Waals surface area contributed by atoms with Crippen LogP contribution in [0.2, 0.25) is 0 Å². The molecule has 8 heteroatoms. The van der Waals surface area contributed by atoms with Gasteiger partial charge in [-0.3, -0.25) is 14.6 Å². The first-order valence-corrected chi connectivity index (χ1v) is 10.8. The minimum atomic E-state index is -0.698. The molecule has 3 aromatic rings. The van der Waals surface area contributed by atoms with Crippen molar-refractivity contribution in [3.63, 3.8) is 0 Å². The summed E-state index contributed by atoms with van der Waals surface area (Å²) in [5, 5.41) is 3.04. The van der Waals surface area contributed by atoms with Crippen LogP contribution in [0, 0.1) is 0 Å². The van der Waals surface area contributed by atoms with E-state index < -0.39 is 12.0 Å². The van der Waals surface area contributed by atoms with E-state index in [4.69, 9.17) is 14.2 Å². The van der Waals surface area contributed by atoms with Gasteiger partial charge in [-0.25, -0.2) is 0 Å². The SMILES string of the molecule is COc1ccccc1CNC(=O)[C@@H]1c2cc(OC)c(OC)cc2C(=O)N(C)[C@H]1c1cccnc1. The first kappa shape index (κ1) is 23.1. The maximum absolute atomic E-state index is 13.7. The van der Waals surface area contributed by atoms with Crippen molar-refractivity contribution < 1.29 is 23.8 Å². The molecule has 2 amide bonds. The lowest BCUT2D eigenvalue weighted by atomic mass is 9.79. The fourth-order valence-electron chi connectivity index (χ4n) is 4.44. The van der Waals surface area contributed by atoms with Crippen LogP contribution in [-0.4, -0.2) is 50.1 Å². The number of carbonyl (C=O) groups excluding carboxylic acids is 2. The zero-order chi connectivity index (χ0) is 24.2. The van der Waals surface area contributed by atoms with Crippen LogP contribution in [0.3, 0.4) is 0 Å². The van der Waals surface area contributed by atoms with E-state index in [9.17, 15) is 9.59 Å². The lowest BCUT2D eigenvalue weighted by Crippen LogP contribution is -2.45. The van der Waals surface area contributed by atoms with E-state index in [1.807, 2.05) is 30.3 Å². The van der Waals surface area contributed by atoms with Crippen LogP contribution in [0.1, 0.15) is 39.0 Å². The maximum Gasteiger partial charge on any atom is 0.254 e. The number of carbonyl (C=O) groups is 2. The molecule has 2 atom stereocenters. The van der Waals surface area contributed by atoms with Crippen molar-refractivity contribution >= 4 is 11.8 Å². The number of rotatable bonds is 7. The molecular formula is C26H27N3O5. The number of amides is 2. The number of methoxy groups -OCH3 is 3. The number of nitrogens with zero attached hydrogens (tertiary/aromatic N) is 2. The van der Waals surface area contributed by atoms with Gasteiger partial charge in [-0.1, -0.05) is 24.3 Å². The molecule has 34 heavy (non-hydrogen) atoms. The van der Waals surface area contributed by atoms with Crippen molar-refractivity contribution in [1.29, 1.82) is 0 Å². The molecule has 8 nitrogen and oxygen atoms in total. The Bertz CT molecular complexity index is 1200. The smallest absolute Gasteiger partial charge is 0.254 e. The van der Waals surface area contributed by atoms with Crippen molar-refractivity contribution in [3.8, 4) is 17.2 Å². The van der Waals surface area contributed by atoms with Gasteiger partial charge in [0.05, 0.1) is 33.3 Å². The van der Waals surface area contributed by atoms with Crippen LogP contribution in [0.4, 0.5) is 0 Å². The lowest BCUT2D eigenvalue weighted by Gasteiger charge is -2.40. The molecule has 0 saturated heterocycles. The molecule has 0 saturated carbocycles. The number of aromatic nitrogens is 1. The second-order valence-electron chi connectivity index (χ2n) is 7.95. The summed E-state index contributed by atoms with van der Waals surface area (Å²) < 4.78 is 16.3. The third kappa shape index (κ3) is 4.14. The summed E-state index contributed by atoms with van der Waals surface area (Å²) in [6.07, 6.45) is 3.34. The monoisotopic (exact) mass is 461 g/mol. The number of hydrogen-bond donors (Lipinski definition) is 1. The molecular weight excluding hydrogens is 434 g/mol. The van der Waals surface area contributed by atoms with Gasteiger partial charge >= 0.3 is 0 Å². The van der Waals surface area contributed by atoms with Gasteiger partial charge in [0.25, 0.3) is 5.91 Å². The maximum atomic E-state index is 13.7. The van der Waals surface area contributed by atoms with Crippen LogP contribution in [0.5, 0.6) is 17.2 Å². The summed E-state index contributed by atoms with van der Waals surface area (Å²) in [6.45, 7) is 0.277. The average molecular weight is 462 g/mol. The normalized spacial score (nSPS) is 17.1. The summed E-state index contributed by atoms with van der Waals surface area (Å²) in [5.41, 5.74) is 2.59. The molecule has 0 fully saturated rings. The van der Waals surface area contributed by atoms with Crippen LogP contribution < -0.4 is 19.5 Å². The minimum absolute atomic E-state index is 0.210. The van der Waals surface area contributed by atoms with Crippen LogP contribution >= 0.6 is 0 Å². The van der Waals surface area contributed by atoms with Gasteiger partial charge in [0.2, 0.25) is 5.91 Å². The molecule has 1 aliphatic rings. The fourth-order valence-corrected chi connectivity index (χ4v) is 4.44. The molecule has 0 radical (unpaired) electrons. The predicted octanol–water partition coefficient (Wildman–Crippen LogP) is 3.33. The zero-order valence-electron chi connectivity index (χ0n) is 19.6. The highest BCUT2D eigenvalue weighted by molar-refractivity contribution is 6.02. The van der Waals surface area contributed by atoms with E-state index in [0.29, 0.717) is 28.4 Å².